The Morgan fingerprint density at radius 1 is 1.29 bits per heavy atom. The molecule has 1 atom stereocenters. The molecule has 0 radical (unpaired) electrons. The molecule has 0 spiro atoms. The van der Waals surface area contributed by atoms with Gasteiger partial charge in [-0.05, 0) is 56.1 Å². The molecule has 1 aromatic rings. The Labute approximate surface area is 134 Å². The molecule has 0 bridgehead atoms. The SMILES string of the molecule is Cl.O=C(NC1CCSc2ccc(F)cc21)C1CCNCC1. The van der Waals surface area contributed by atoms with Gasteiger partial charge in [0.25, 0.3) is 0 Å². The van der Waals surface area contributed by atoms with Crippen molar-refractivity contribution in [1.29, 1.82) is 0 Å². The number of amides is 1. The number of thioether (sulfide) groups is 1. The molecule has 1 amide bonds. The van der Waals surface area contributed by atoms with E-state index in [1.165, 1.54) is 6.07 Å². The highest BCUT2D eigenvalue weighted by Gasteiger charge is 2.27. The fraction of sp³-hybridized carbons (Fsp3) is 0.533. The molecule has 2 N–H and O–H groups in total. The van der Waals surface area contributed by atoms with Crippen LogP contribution >= 0.6 is 24.2 Å². The molecular formula is C15H20ClFN2OS. The first-order valence-corrected chi connectivity index (χ1v) is 8.16. The number of benzene rings is 1. The van der Waals surface area contributed by atoms with Crippen LogP contribution in [0.5, 0.6) is 0 Å². The smallest absolute Gasteiger partial charge is 0.223 e. The summed E-state index contributed by atoms with van der Waals surface area (Å²) in [5.41, 5.74) is 0.934. The first-order chi connectivity index (χ1) is 9.74. The Balaban J connectivity index is 0.00000161. The fourth-order valence-corrected chi connectivity index (χ4v) is 3.99. The van der Waals surface area contributed by atoms with Crippen LogP contribution in [0.2, 0.25) is 0 Å². The van der Waals surface area contributed by atoms with Gasteiger partial charge in [0.1, 0.15) is 5.82 Å². The quantitative estimate of drug-likeness (QED) is 0.876. The summed E-state index contributed by atoms with van der Waals surface area (Å²) in [7, 11) is 0. The van der Waals surface area contributed by atoms with Gasteiger partial charge in [0, 0.05) is 16.6 Å². The van der Waals surface area contributed by atoms with Crippen LogP contribution in [0.15, 0.2) is 23.1 Å². The normalized spacial score (nSPS) is 22.0. The molecule has 2 aliphatic heterocycles. The van der Waals surface area contributed by atoms with E-state index in [1.54, 1.807) is 17.8 Å². The average molecular weight is 331 g/mol. The van der Waals surface area contributed by atoms with Crippen LogP contribution in [0.4, 0.5) is 4.39 Å². The van der Waals surface area contributed by atoms with Crippen molar-refractivity contribution in [2.75, 3.05) is 18.8 Å². The number of piperidine rings is 1. The van der Waals surface area contributed by atoms with E-state index in [9.17, 15) is 9.18 Å². The van der Waals surface area contributed by atoms with Crippen molar-refractivity contribution in [3.8, 4) is 0 Å². The highest BCUT2D eigenvalue weighted by atomic mass is 35.5. The Bertz CT molecular complexity index is 508. The Hall–Kier alpha value is -0.780. The van der Waals surface area contributed by atoms with Gasteiger partial charge in [-0.3, -0.25) is 4.79 Å². The van der Waals surface area contributed by atoms with Crippen LogP contribution in [0.1, 0.15) is 30.9 Å². The van der Waals surface area contributed by atoms with Crippen LogP contribution in [-0.4, -0.2) is 24.7 Å². The van der Waals surface area contributed by atoms with Gasteiger partial charge >= 0.3 is 0 Å². The minimum Gasteiger partial charge on any atom is -0.349 e. The minimum atomic E-state index is -0.229. The first kappa shape index (κ1) is 16.6. The van der Waals surface area contributed by atoms with Crippen molar-refractivity contribution >= 4 is 30.1 Å². The molecule has 1 saturated heterocycles. The van der Waals surface area contributed by atoms with Crippen LogP contribution in [0.3, 0.4) is 0 Å². The standard InChI is InChI=1S/C15H19FN2OS.ClH/c16-11-1-2-14-12(9-11)13(5-8-20-14)18-15(19)10-3-6-17-7-4-10;/h1-2,9-10,13,17H,3-8H2,(H,18,19);1H. The van der Waals surface area contributed by atoms with Crippen molar-refractivity contribution in [1.82, 2.24) is 10.6 Å². The second kappa shape index (κ2) is 7.47. The monoisotopic (exact) mass is 330 g/mol. The molecule has 1 unspecified atom stereocenters. The zero-order valence-electron chi connectivity index (χ0n) is 11.7. The number of fused-ring (bicyclic) bond motifs is 1. The number of rotatable bonds is 2. The summed E-state index contributed by atoms with van der Waals surface area (Å²) in [6, 6.07) is 4.83. The van der Waals surface area contributed by atoms with E-state index in [1.807, 2.05) is 6.07 Å². The fourth-order valence-electron chi connectivity index (χ4n) is 2.89. The van der Waals surface area contributed by atoms with Gasteiger partial charge in [-0.2, -0.15) is 0 Å². The van der Waals surface area contributed by atoms with Crippen molar-refractivity contribution < 1.29 is 9.18 Å². The highest BCUT2D eigenvalue weighted by molar-refractivity contribution is 7.99. The minimum absolute atomic E-state index is 0. The third kappa shape index (κ3) is 3.90. The van der Waals surface area contributed by atoms with Crippen LogP contribution in [0.25, 0.3) is 0 Å². The summed E-state index contributed by atoms with van der Waals surface area (Å²) in [5, 5.41) is 6.39. The lowest BCUT2D eigenvalue weighted by molar-refractivity contribution is -0.126. The third-order valence-electron chi connectivity index (χ3n) is 4.04. The predicted molar refractivity (Wildman–Crippen MR) is 85.5 cm³/mol. The Kier molecular flexibility index (Phi) is 5.90. The van der Waals surface area contributed by atoms with E-state index < -0.39 is 0 Å². The molecule has 116 valence electrons. The Morgan fingerprint density at radius 2 is 2.05 bits per heavy atom. The molecule has 3 rings (SSSR count). The zero-order valence-corrected chi connectivity index (χ0v) is 13.4. The highest BCUT2D eigenvalue weighted by Crippen LogP contribution is 2.36. The maximum absolute atomic E-state index is 13.4. The van der Waals surface area contributed by atoms with E-state index in [0.717, 1.165) is 48.6 Å². The van der Waals surface area contributed by atoms with E-state index in [0.29, 0.717) is 0 Å². The Morgan fingerprint density at radius 3 is 2.81 bits per heavy atom. The molecule has 2 heterocycles. The van der Waals surface area contributed by atoms with Gasteiger partial charge in [-0.1, -0.05) is 0 Å². The maximum Gasteiger partial charge on any atom is 0.223 e. The van der Waals surface area contributed by atoms with Gasteiger partial charge in [0.05, 0.1) is 6.04 Å². The molecule has 3 nitrogen and oxygen atoms in total. The van der Waals surface area contributed by atoms with Crippen molar-refractivity contribution in [3.63, 3.8) is 0 Å². The van der Waals surface area contributed by atoms with Crippen LogP contribution in [-0.2, 0) is 4.79 Å². The summed E-state index contributed by atoms with van der Waals surface area (Å²) in [6.07, 6.45) is 2.66. The predicted octanol–water partition coefficient (Wildman–Crippen LogP) is 2.90. The number of halogens is 2. The van der Waals surface area contributed by atoms with Gasteiger partial charge < -0.3 is 10.6 Å². The molecule has 0 aliphatic carbocycles. The lowest BCUT2D eigenvalue weighted by atomic mass is 9.95. The number of hydrogen-bond acceptors (Lipinski definition) is 3. The van der Waals surface area contributed by atoms with Gasteiger partial charge in [0.2, 0.25) is 5.91 Å². The number of hydrogen-bond donors (Lipinski definition) is 2. The summed E-state index contributed by atoms with van der Waals surface area (Å²) in [4.78, 5) is 13.4. The van der Waals surface area contributed by atoms with Crippen LogP contribution < -0.4 is 10.6 Å². The summed E-state index contributed by atoms with van der Waals surface area (Å²) in [6.45, 7) is 1.81. The molecule has 2 aliphatic rings. The lowest BCUT2D eigenvalue weighted by Gasteiger charge is -2.29. The molecule has 0 aromatic heterocycles. The van der Waals surface area contributed by atoms with Crippen molar-refractivity contribution in [2.45, 2.75) is 30.2 Å². The third-order valence-corrected chi connectivity index (χ3v) is 5.16. The number of nitrogens with one attached hydrogen (secondary N) is 2. The van der Waals surface area contributed by atoms with Crippen LogP contribution in [0, 0.1) is 11.7 Å². The van der Waals surface area contributed by atoms with Gasteiger partial charge in [-0.15, -0.1) is 24.2 Å². The summed E-state index contributed by atoms with van der Waals surface area (Å²) >= 11 is 1.74. The second-order valence-corrected chi connectivity index (χ2v) is 6.54. The maximum atomic E-state index is 13.4. The summed E-state index contributed by atoms with van der Waals surface area (Å²) in [5.74, 6) is 0.962. The van der Waals surface area contributed by atoms with Crippen molar-refractivity contribution in [2.24, 2.45) is 5.92 Å². The van der Waals surface area contributed by atoms with Crippen molar-refractivity contribution in [3.05, 3.63) is 29.6 Å². The van der Waals surface area contributed by atoms with E-state index in [4.69, 9.17) is 0 Å². The average Bonchev–Trinajstić information content (AvgIpc) is 2.49. The molecule has 21 heavy (non-hydrogen) atoms. The second-order valence-electron chi connectivity index (χ2n) is 5.40. The van der Waals surface area contributed by atoms with Gasteiger partial charge in [0.15, 0.2) is 0 Å². The molecule has 6 heteroatoms. The van der Waals surface area contributed by atoms with E-state index in [2.05, 4.69) is 10.6 Å². The topological polar surface area (TPSA) is 41.1 Å². The molecule has 1 aromatic carbocycles. The number of carbonyl (C=O) groups is 1. The molecule has 1 fully saturated rings. The first-order valence-electron chi connectivity index (χ1n) is 7.17. The van der Waals surface area contributed by atoms with E-state index >= 15 is 0 Å². The zero-order chi connectivity index (χ0) is 13.9. The molecule has 0 saturated carbocycles. The van der Waals surface area contributed by atoms with Gasteiger partial charge in [-0.25, -0.2) is 4.39 Å². The molecular weight excluding hydrogens is 311 g/mol. The largest absolute Gasteiger partial charge is 0.349 e. The summed E-state index contributed by atoms with van der Waals surface area (Å²) < 4.78 is 13.4. The van der Waals surface area contributed by atoms with E-state index in [-0.39, 0.29) is 36.1 Å². The number of carbonyl (C=O) groups excluding carboxylic acids is 1. The lowest BCUT2D eigenvalue weighted by Crippen LogP contribution is -2.40.